The maximum absolute atomic E-state index is 11.7. The molecular weight excluding hydrogens is 344 g/mol. The quantitative estimate of drug-likeness (QED) is 0.390. The van der Waals surface area contributed by atoms with Crippen molar-refractivity contribution in [1.82, 2.24) is 0 Å². The molecule has 0 spiro atoms. The van der Waals surface area contributed by atoms with Gasteiger partial charge in [0, 0.05) is 23.3 Å². The first kappa shape index (κ1) is 19.9. The Morgan fingerprint density at radius 1 is 0.679 bits per heavy atom. The number of carbonyl (C=O) groups excluding carboxylic acids is 1. The number of hydrogen-bond donors (Lipinski definition) is 0. The summed E-state index contributed by atoms with van der Waals surface area (Å²) in [7, 11) is 0. The minimum absolute atomic E-state index is 0.169. The molecule has 0 saturated carbocycles. The van der Waals surface area contributed by atoms with Crippen LogP contribution in [0.1, 0.15) is 56.9 Å². The van der Waals surface area contributed by atoms with Gasteiger partial charge in [-0.15, -0.1) is 0 Å². The third-order valence-corrected chi connectivity index (χ3v) is 5.62. The number of benzene rings is 3. The molecule has 144 valence electrons. The standard InChI is InChI=1S/C26H28O2/c1-19(27)28-24-17-16-22(25(2,3)20-12-8-6-9-13-20)18-23(24)26(4,5)21-14-10-7-11-15-21/h6-18H,1-5H3. The molecule has 0 bridgehead atoms. The Morgan fingerprint density at radius 3 is 1.68 bits per heavy atom. The van der Waals surface area contributed by atoms with E-state index < -0.39 is 0 Å². The Balaban J connectivity index is 2.17. The third kappa shape index (κ3) is 3.87. The van der Waals surface area contributed by atoms with E-state index in [0.29, 0.717) is 5.75 Å². The normalized spacial score (nSPS) is 11.9. The molecule has 0 heterocycles. The summed E-state index contributed by atoms with van der Waals surface area (Å²) in [6.45, 7) is 10.2. The van der Waals surface area contributed by atoms with Gasteiger partial charge in [-0.1, -0.05) is 100 Å². The van der Waals surface area contributed by atoms with Crippen LogP contribution in [-0.4, -0.2) is 5.97 Å². The molecule has 0 fully saturated rings. The maximum Gasteiger partial charge on any atom is 0.308 e. The van der Waals surface area contributed by atoms with Crippen LogP contribution in [0.15, 0.2) is 78.9 Å². The Hall–Kier alpha value is -2.87. The molecule has 2 heteroatoms. The minimum atomic E-state index is -0.311. The summed E-state index contributed by atoms with van der Waals surface area (Å²) in [5.74, 6) is 0.314. The molecule has 3 aromatic carbocycles. The second kappa shape index (κ2) is 7.63. The Morgan fingerprint density at radius 2 is 1.18 bits per heavy atom. The first-order chi connectivity index (χ1) is 13.2. The molecular formula is C26H28O2. The van der Waals surface area contributed by atoms with E-state index in [4.69, 9.17) is 4.74 Å². The van der Waals surface area contributed by atoms with Crippen molar-refractivity contribution in [2.24, 2.45) is 0 Å². The predicted molar refractivity (Wildman–Crippen MR) is 115 cm³/mol. The molecule has 3 aromatic rings. The Kier molecular flexibility index (Phi) is 5.42. The van der Waals surface area contributed by atoms with E-state index in [0.717, 1.165) is 5.56 Å². The van der Waals surface area contributed by atoms with E-state index in [2.05, 4.69) is 76.2 Å². The van der Waals surface area contributed by atoms with Gasteiger partial charge in [-0.3, -0.25) is 4.79 Å². The van der Waals surface area contributed by atoms with Crippen molar-refractivity contribution in [3.63, 3.8) is 0 Å². The van der Waals surface area contributed by atoms with E-state index in [-0.39, 0.29) is 16.8 Å². The van der Waals surface area contributed by atoms with E-state index in [9.17, 15) is 4.79 Å². The lowest BCUT2D eigenvalue weighted by molar-refractivity contribution is -0.131. The first-order valence-electron chi connectivity index (χ1n) is 9.67. The summed E-state index contributed by atoms with van der Waals surface area (Å²) < 4.78 is 5.59. The monoisotopic (exact) mass is 372 g/mol. The predicted octanol–water partition coefficient (Wildman–Crippen LogP) is 6.26. The number of carbonyl (C=O) groups is 1. The molecule has 0 unspecified atom stereocenters. The minimum Gasteiger partial charge on any atom is -0.426 e. The van der Waals surface area contributed by atoms with E-state index >= 15 is 0 Å². The van der Waals surface area contributed by atoms with Crippen LogP contribution >= 0.6 is 0 Å². The van der Waals surface area contributed by atoms with Gasteiger partial charge in [0.25, 0.3) is 0 Å². The largest absolute Gasteiger partial charge is 0.426 e. The number of ether oxygens (including phenoxy) is 1. The molecule has 0 aliphatic rings. The van der Waals surface area contributed by atoms with Crippen LogP contribution in [0.2, 0.25) is 0 Å². The van der Waals surface area contributed by atoms with Crippen molar-refractivity contribution in [3.8, 4) is 5.75 Å². The van der Waals surface area contributed by atoms with Crippen molar-refractivity contribution in [2.45, 2.75) is 45.4 Å². The van der Waals surface area contributed by atoms with Crippen LogP contribution in [0.25, 0.3) is 0 Å². The van der Waals surface area contributed by atoms with E-state index in [1.165, 1.54) is 23.6 Å². The fourth-order valence-corrected chi connectivity index (χ4v) is 3.68. The molecule has 3 rings (SSSR count). The number of hydrogen-bond acceptors (Lipinski definition) is 2. The van der Waals surface area contributed by atoms with Crippen molar-refractivity contribution in [3.05, 3.63) is 101 Å². The third-order valence-electron chi connectivity index (χ3n) is 5.62. The highest BCUT2D eigenvalue weighted by Crippen LogP contribution is 2.41. The average Bonchev–Trinajstić information content (AvgIpc) is 2.69. The Bertz CT molecular complexity index is 954. The summed E-state index contributed by atoms with van der Waals surface area (Å²) in [4.78, 5) is 11.7. The number of esters is 1. The molecule has 0 saturated heterocycles. The molecule has 2 nitrogen and oxygen atoms in total. The zero-order valence-electron chi connectivity index (χ0n) is 17.3. The number of rotatable bonds is 5. The van der Waals surface area contributed by atoms with Crippen LogP contribution in [-0.2, 0) is 15.6 Å². The van der Waals surface area contributed by atoms with Crippen LogP contribution in [0.3, 0.4) is 0 Å². The summed E-state index contributed by atoms with van der Waals surface area (Å²) in [5.41, 5.74) is 4.15. The van der Waals surface area contributed by atoms with Crippen molar-refractivity contribution < 1.29 is 9.53 Å². The second-order valence-electron chi connectivity index (χ2n) is 8.29. The summed E-state index contributed by atoms with van der Waals surface area (Å²) in [6.07, 6.45) is 0. The van der Waals surface area contributed by atoms with Gasteiger partial charge in [0.2, 0.25) is 0 Å². The highest BCUT2D eigenvalue weighted by atomic mass is 16.5. The fourth-order valence-electron chi connectivity index (χ4n) is 3.68. The lowest BCUT2D eigenvalue weighted by atomic mass is 9.73. The first-order valence-corrected chi connectivity index (χ1v) is 9.67. The average molecular weight is 373 g/mol. The SMILES string of the molecule is CC(=O)Oc1ccc(C(C)(C)c2ccccc2)cc1C(C)(C)c1ccccc1. The maximum atomic E-state index is 11.7. The van der Waals surface area contributed by atoms with Gasteiger partial charge in [-0.2, -0.15) is 0 Å². The van der Waals surface area contributed by atoms with Crippen molar-refractivity contribution in [2.75, 3.05) is 0 Å². The Labute approximate surface area is 168 Å². The topological polar surface area (TPSA) is 26.3 Å². The molecule has 0 aromatic heterocycles. The fraction of sp³-hybridized carbons (Fsp3) is 0.269. The molecule has 0 radical (unpaired) electrons. The summed E-state index contributed by atoms with van der Waals surface area (Å²) in [5, 5.41) is 0. The summed E-state index contributed by atoms with van der Waals surface area (Å²) >= 11 is 0. The molecule has 0 N–H and O–H groups in total. The van der Waals surface area contributed by atoms with Crippen LogP contribution < -0.4 is 4.74 Å². The van der Waals surface area contributed by atoms with Crippen molar-refractivity contribution in [1.29, 1.82) is 0 Å². The smallest absolute Gasteiger partial charge is 0.308 e. The van der Waals surface area contributed by atoms with Gasteiger partial charge in [0.15, 0.2) is 0 Å². The zero-order chi connectivity index (χ0) is 20.4. The van der Waals surface area contributed by atoms with Gasteiger partial charge < -0.3 is 4.74 Å². The van der Waals surface area contributed by atoms with Gasteiger partial charge >= 0.3 is 5.97 Å². The summed E-state index contributed by atoms with van der Waals surface area (Å²) in [6, 6.07) is 27.0. The highest BCUT2D eigenvalue weighted by molar-refractivity contribution is 5.70. The van der Waals surface area contributed by atoms with Gasteiger partial charge in [-0.25, -0.2) is 0 Å². The van der Waals surface area contributed by atoms with Gasteiger partial charge in [-0.05, 0) is 22.8 Å². The molecule has 0 amide bonds. The van der Waals surface area contributed by atoms with Gasteiger partial charge in [0.1, 0.15) is 5.75 Å². The van der Waals surface area contributed by atoms with E-state index in [1.54, 1.807) is 0 Å². The molecule has 0 aliphatic heterocycles. The zero-order valence-corrected chi connectivity index (χ0v) is 17.3. The lowest BCUT2D eigenvalue weighted by Gasteiger charge is -2.32. The molecule has 0 atom stereocenters. The lowest BCUT2D eigenvalue weighted by Crippen LogP contribution is -2.24. The molecule has 28 heavy (non-hydrogen) atoms. The highest BCUT2D eigenvalue weighted by Gasteiger charge is 2.30. The second-order valence-corrected chi connectivity index (χ2v) is 8.29. The van der Waals surface area contributed by atoms with Crippen LogP contribution in [0, 0.1) is 0 Å². The van der Waals surface area contributed by atoms with Crippen molar-refractivity contribution >= 4 is 5.97 Å². The molecule has 0 aliphatic carbocycles. The van der Waals surface area contributed by atoms with E-state index in [1.807, 2.05) is 30.3 Å². The van der Waals surface area contributed by atoms with Crippen LogP contribution in [0.4, 0.5) is 0 Å². The van der Waals surface area contributed by atoms with Gasteiger partial charge in [0.05, 0.1) is 0 Å². The van der Waals surface area contributed by atoms with Crippen LogP contribution in [0.5, 0.6) is 5.75 Å².